The van der Waals surface area contributed by atoms with Crippen LogP contribution in [0.1, 0.15) is 35.7 Å². The van der Waals surface area contributed by atoms with Gasteiger partial charge in [0, 0.05) is 5.02 Å². The molecule has 2 aromatic carbocycles. The Hall–Kier alpha value is -1.54. The molecule has 88 valence electrons. The molecular weight excluding hydrogens is 236 g/mol. The van der Waals surface area contributed by atoms with E-state index in [-0.39, 0.29) is 5.92 Å². The van der Waals surface area contributed by atoms with Crippen LogP contribution in [0.2, 0.25) is 5.02 Å². The monoisotopic (exact) mass is 248 g/mol. The van der Waals surface area contributed by atoms with Gasteiger partial charge in [-0.3, -0.25) is 0 Å². The van der Waals surface area contributed by atoms with Crippen molar-refractivity contribution in [1.82, 2.24) is 0 Å². The van der Waals surface area contributed by atoms with Gasteiger partial charge in [0.1, 0.15) is 0 Å². The van der Waals surface area contributed by atoms with Crippen molar-refractivity contribution in [2.24, 2.45) is 0 Å². The number of halogens is 1. The van der Waals surface area contributed by atoms with E-state index in [9.17, 15) is 9.90 Å². The summed E-state index contributed by atoms with van der Waals surface area (Å²) >= 11 is 5.98. The Bertz CT molecular complexity index is 588. The zero-order chi connectivity index (χ0) is 12.6. The summed E-state index contributed by atoms with van der Waals surface area (Å²) in [6.07, 6.45) is 0. The summed E-state index contributed by atoms with van der Waals surface area (Å²) < 4.78 is 0. The number of hydrogen-bond donors (Lipinski definition) is 1. The van der Waals surface area contributed by atoms with Gasteiger partial charge in [0.05, 0.1) is 5.56 Å². The molecule has 0 radical (unpaired) electrons. The quantitative estimate of drug-likeness (QED) is 0.860. The van der Waals surface area contributed by atoms with Crippen LogP contribution in [0.4, 0.5) is 0 Å². The Labute approximate surface area is 105 Å². The van der Waals surface area contributed by atoms with Crippen LogP contribution in [0, 0.1) is 0 Å². The number of rotatable bonds is 2. The van der Waals surface area contributed by atoms with Crippen LogP contribution in [-0.2, 0) is 0 Å². The van der Waals surface area contributed by atoms with E-state index >= 15 is 0 Å². The maximum atomic E-state index is 11.2. The van der Waals surface area contributed by atoms with Crippen LogP contribution in [0.3, 0.4) is 0 Å². The van der Waals surface area contributed by atoms with Crippen LogP contribution in [0.25, 0.3) is 10.8 Å². The van der Waals surface area contributed by atoms with Crippen molar-refractivity contribution in [1.29, 1.82) is 0 Å². The van der Waals surface area contributed by atoms with E-state index in [2.05, 4.69) is 0 Å². The maximum absolute atomic E-state index is 11.2. The number of fused-ring (bicyclic) bond motifs is 1. The summed E-state index contributed by atoms with van der Waals surface area (Å²) in [7, 11) is 0. The molecule has 0 aliphatic carbocycles. The third-order valence-corrected chi connectivity index (χ3v) is 3.07. The molecule has 2 nitrogen and oxygen atoms in total. The van der Waals surface area contributed by atoms with Crippen molar-refractivity contribution >= 4 is 28.3 Å². The fraction of sp³-hybridized carbons (Fsp3) is 0.214. The minimum absolute atomic E-state index is 0.142. The molecule has 17 heavy (non-hydrogen) atoms. The average molecular weight is 249 g/mol. The van der Waals surface area contributed by atoms with E-state index in [1.54, 1.807) is 6.07 Å². The maximum Gasteiger partial charge on any atom is 0.335 e. The molecule has 0 amide bonds. The van der Waals surface area contributed by atoms with Crippen LogP contribution in [0.5, 0.6) is 0 Å². The first kappa shape index (κ1) is 11.9. The van der Waals surface area contributed by atoms with Gasteiger partial charge in [-0.1, -0.05) is 37.6 Å². The molecule has 0 unspecified atom stereocenters. The number of carboxylic acids is 1. The van der Waals surface area contributed by atoms with Crippen molar-refractivity contribution < 1.29 is 9.90 Å². The zero-order valence-corrected chi connectivity index (χ0v) is 10.5. The third kappa shape index (κ3) is 2.13. The topological polar surface area (TPSA) is 37.3 Å². The van der Waals surface area contributed by atoms with Crippen molar-refractivity contribution in [3.05, 3.63) is 46.5 Å². The molecule has 1 N–H and O–H groups in total. The lowest BCUT2D eigenvalue weighted by molar-refractivity contribution is 0.0695. The van der Waals surface area contributed by atoms with E-state index in [0.29, 0.717) is 10.6 Å². The Morgan fingerprint density at radius 1 is 1.24 bits per heavy atom. The lowest BCUT2D eigenvalue weighted by Gasteiger charge is -2.13. The molecule has 0 fully saturated rings. The Kier molecular flexibility index (Phi) is 3.07. The summed E-state index contributed by atoms with van der Waals surface area (Å²) in [5.74, 6) is -0.751. The van der Waals surface area contributed by atoms with Crippen LogP contribution < -0.4 is 0 Å². The number of benzene rings is 2. The average Bonchev–Trinajstić information content (AvgIpc) is 2.26. The SMILES string of the molecule is CC(C)c1c(C(=O)O)ccc2ccc(Cl)cc12. The summed E-state index contributed by atoms with van der Waals surface area (Å²) in [5, 5.41) is 11.8. The molecule has 0 aliphatic heterocycles. The first-order valence-electron chi connectivity index (χ1n) is 5.46. The highest BCUT2D eigenvalue weighted by molar-refractivity contribution is 6.31. The molecular formula is C14H13ClO2. The van der Waals surface area contributed by atoms with Gasteiger partial charge in [0.25, 0.3) is 0 Å². The van der Waals surface area contributed by atoms with E-state index < -0.39 is 5.97 Å². The highest BCUT2D eigenvalue weighted by atomic mass is 35.5. The lowest BCUT2D eigenvalue weighted by Crippen LogP contribution is -2.04. The predicted molar refractivity (Wildman–Crippen MR) is 70.0 cm³/mol. The summed E-state index contributed by atoms with van der Waals surface area (Å²) in [6, 6.07) is 9.04. The molecule has 0 spiro atoms. The van der Waals surface area contributed by atoms with Gasteiger partial charge in [-0.25, -0.2) is 4.79 Å². The Morgan fingerprint density at radius 3 is 2.47 bits per heavy atom. The van der Waals surface area contributed by atoms with E-state index in [1.165, 1.54) is 0 Å². The van der Waals surface area contributed by atoms with Gasteiger partial charge >= 0.3 is 5.97 Å². The molecule has 0 aliphatic rings. The van der Waals surface area contributed by atoms with Gasteiger partial charge in [0.2, 0.25) is 0 Å². The van der Waals surface area contributed by atoms with E-state index in [1.807, 2.05) is 38.1 Å². The van der Waals surface area contributed by atoms with Crippen molar-refractivity contribution in [3.8, 4) is 0 Å². The minimum Gasteiger partial charge on any atom is -0.478 e. The minimum atomic E-state index is -0.893. The summed E-state index contributed by atoms with van der Waals surface area (Å²) in [4.78, 5) is 11.2. The van der Waals surface area contributed by atoms with Gasteiger partial charge in [-0.2, -0.15) is 0 Å². The fourth-order valence-electron chi connectivity index (χ4n) is 2.12. The van der Waals surface area contributed by atoms with Crippen molar-refractivity contribution in [2.75, 3.05) is 0 Å². The Morgan fingerprint density at radius 2 is 1.88 bits per heavy atom. The Balaban J connectivity index is 2.87. The molecule has 2 rings (SSSR count). The first-order valence-corrected chi connectivity index (χ1v) is 5.84. The molecule has 0 aromatic heterocycles. The largest absolute Gasteiger partial charge is 0.478 e. The normalized spacial score (nSPS) is 11.1. The number of carboxylic acid groups (broad SMARTS) is 1. The molecule has 0 saturated carbocycles. The number of hydrogen-bond acceptors (Lipinski definition) is 1. The molecule has 0 bridgehead atoms. The van der Waals surface area contributed by atoms with Crippen molar-refractivity contribution in [2.45, 2.75) is 19.8 Å². The molecule has 2 aromatic rings. The second-order valence-electron chi connectivity index (χ2n) is 4.35. The molecule has 0 heterocycles. The number of carbonyl (C=O) groups is 1. The highest BCUT2D eigenvalue weighted by Gasteiger charge is 2.16. The van der Waals surface area contributed by atoms with Crippen LogP contribution in [0.15, 0.2) is 30.3 Å². The van der Waals surface area contributed by atoms with Crippen molar-refractivity contribution in [3.63, 3.8) is 0 Å². The molecule has 0 saturated heterocycles. The highest BCUT2D eigenvalue weighted by Crippen LogP contribution is 2.31. The van der Waals surface area contributed by atoms with Crippen LogP contribution in [-0.4, -0.2) is 11.1 Å². The second kappa shape index (κ2) is 4.38. The molecule has 0 atom stereocenters. The van der Waals surface area contributed by atoms with Gasteiger partial charge in [-0.15, -0.1) is 0 Å². The van der Waals surface area contributed by atoms with Crippen LogP contribution >= 0.6 is 11.6 Å². The summed E-state index contributed by atoms with van der Waals surface area (Å²) in [5.41, 5.74) is 1.20. The van der Waals surface area contributed by atoms with Gasteiger partial charge < -0.3 is 5.11 Å². The number of aromatic carboxylic acids is 1. The fourth-order valence-corrected chi connectivity index (χ4v) is 2.30. The van der Waals surface area contributed by atoms with E-state index in [4.69, 9.17) is 11.6 Å². The second-order valence-corrected chi connectivity index (χ2v) is 4.79. The lowest BCUT2D eigenvalue weighted by atomic mass is 9.91. The van der Waals surface area contributed by atoms with E-state index in [0.717, 1.165) is 16.3 Å². The summed E-state index contributed by atoms with van der Waals surface area (Å²) in [6.45, 7) is 3.98. The first-order chi connectivity index (χ1) is 8.00. The molecule has 3 heteroatoms. The smallest absolute Gasteiger partial charge is 0.335 e. The zero-order valence-electron chi connectivity index (χ0n) is 9.70. The third-order valence-electron chi connectivity index (χ3n) is 2.83. The predicted octanol–water partition coefficient (Wildman–Crippen LogP) is 4.31. The standard InChI is InChI=1S/C14H13ClO2/c1-8(2)13-11(14(16)17)6-4-9-3-5-10(15)7-12(9)13/h3-8H,1-2H3,(H,16,17). The van der Waals surface area contributed by atoms with Gasteiger partial charge in [-0.05, 0) is 40.5 Å². The van der Waals surface area contributed by atoms with Gasteiger partial charge in [0.15, 0.2) is 0 Å².